The number of benzene rings is 1. The fourth-order valence-corrected chi connectivity index (χ4v) is 3.60. The first-order valence-electron chi connectivity index (χ1n) is 9.80. The van der Waals surface area contributed by atoms with Crippen molar-refractivity contribution in [2.45, 2.75) is 52.5 Å². The molecule has 2 rings (SSSR count). The summed E-state index contributed by atoms with van der Waals surface area (Å²) in [5.41, 5.74) is 2.05. The van der Waals surface area contributed by atoms with Crippen LogP contribution in [0.15, 0.2) is 29.3 Å². The summed E-state index contributed by atoms with van der Waals surface area (Å²) in [6, 6.07) is 9.81. The van der Waals surface area contributed by atoms with E-state index in [2.05, 4.69) is 30.6 Å². The average molecular weight is 484 g/mol. The van der Waals surface area contributed by atoms with E-state index in [4.69, 9.17) is 15.0 Å². The molecule has 1 aromatic carbocycles. The highest BCUT2D eigenvalue weighted by Gasteiger charge is 2.33. The second-order valence-corrected chi connectivity index (χ2v) is 7.01. The molecule has 6 heteroatoms. The van der Waals surface area contributed by atoms with E-state index in [0.717, 1.165) is 44.2 Å². The first kappa shape index (κ1) is 23.7. The van der Waals surface area contributed by atoms with Gasteiger partial charge in [-0.05, 0) is 56.2 Å². The molecular weight excluding hydrogens is 451 g/mol. The Morgan fingerprint density at radius 3 is 2.70 bits per heavy atom. The van der Waals surface area contributed by atoms with Gasteiger partial charge in [0, 0.05) is 26.3 Å². The molecule has 0 radical (unpaired) electrons. The van der Waals surface area contributed by atoms with E-state index < -0.39 is 0 Å². The highest BCUT2D eigenvalue weighted by Crippen LogP contribution is 2.40. The molecule has 1 saturated carbocycles. The van der Waals surface area contributed by atoms with E-state index in [0.29, 0.717) is 17.5 Å². The monoisotopic (exact) mass is 484 g/mol. The zero-order valence-corrected chi connectivity index (χ0v) is 18.9. The van der Waals surface area contributed by atoms with Gasteiger partial charge in [-0.3, -0.25) is 0 Å². The lowest BCUT2D eigenvalue weighted by molar-refractivity contribution is 0.105. The minimum atomic E-state index is 0. The molecule has 1 aliphatic carbocycles. The Kier molecular flexibility index (Phi) is 11.4. The van der Waals surface area contributed by atoms with Crippen LogP contribution in [0.2, 0.25) is 0 Å². The van der Waals surface area contributed by atoms with Gasteiger partial charge in [-0.25, -0.2) is 4.99 Å². The van der Waals surface area contributed by atoms with E-state index in [1.807, 2.05) is 24.3 Å². The van der Waals surface area contributed by atoms with Gasteiger partial charge in [-0.1, -0.05) is 25.0 Å². The molecule has 0 saturated heterocycles. The maximum absolute atomic E-state index is 9.03. The van der Waals surface area contributed by atoms with Crippen LogP contribution in [-0.2, 0) is 11.3 Å². The SMILES string of the molecule is CCNC(=NCc1cccc(C#N)c1)NCC1(CCOCC)CCCC1.I. The van der Waals surface area contributed by atoms with Gasteiger partial charge >= 0.3 is 0 Å². The number of aliphatic imine (C=N–C) groups is 1. The quantitative estimate of drug-likeness (QED) is 0.238. The molecule has 150 valence electrons. The van der Waals surface area contributed by atoms with Gasteiger partial charge in [-0.2, -0.15) is 5.26 Å². The standard InChI is InChI=1S/C21H32N4O.HI/c1-3-23-20(24-16-19-9-7-8-18(14-19)15-22)25-17-21(10-5-6-11-21)12-13-26-4-2;/h7-9,14H,3-6,10-13,16-17H2,1-2H3,(H2,23,24,25);1H. The van der Waals surface area contributed by atoms with Crippen molar-refractivity contribution >= 4 is 29.9 Å². The zero-order valence-electron chi connectivity index (χ0n) is 16.6. The van der Waals surface area contributed by atoms with Gasteiger partial charge in [0.2, 0.25) is 0 Å². The van der Waals surface area contributed by atoms with E-state index in [1.165, 1.54) is 25.7 Å². The predicted octanol–water partition coefficient (Wildman–Crippen LogP) is 4.22. The van der Waals surface area contributed by atoms with Crippen molar-refractivity contribution in [1.82, 2.24) is 10.6 Å². The zero-order chi connectivity index (χ0) is 18.7. The van der Waals surface area contributed by atoms with Crippen molar-refractivity contribution < 1.29 is 4.74 Å². The number of hydrogen-bond donors (Lipinski definition) is 2. The fourth-order valence-electron chi connectivity index (χ4n) is 3.60. The van der Waals surface area contributed by atoms with E-state index >= 15 is 0 Å². The number of rotatable bonds is 9. The highest BCUT2D eigenvalue weighted by atomic mass is 127. The van der Waals surface area contributed by atoms with Gasteiger partial charge in [-0.15, -0.1) is 24.0 Å². The van der Waals surface area contributed by atoms with Crippen molar-refractivity contribution in [2.75, 3.05) is 26.3 Å². The number of guanidine groups is 1. The molecule has 0 unspecified atom stereocenters. The van der Waals surface area contributed by atoms with Gasteiger partial charge in [0.1, 0.15) is 0 Å². The van der Waals surface area contributed by atoms with Gasteiger partial charge in [0.15, 0.2) is 5.96 Å². The number of nitrogens with one attached hydrogen (secondary N) is 2. The lowest BCUT2D eigenvalue weighted by atomic mass is 9.83. The van der Waals surface area contributed by atoms with Crippen molar-refractivity contribution in [3.8, 4) is 6.07 Å². The molecule has 0 aromatic heterocycles. The first-order chi connectivity index (χ1) is 12.7. The number of nitrogens with zero attached hydrogens (tertiary/aromatic N) is 2. The molecule has 0 spiro atoms. The van der Waals surface area contributed by atoms with Crippen LogP contribution < -0.4 is 10.6 Å². The largest absolute Gasteiger partial charge is 0.382 e. The molecule has 5 nitrogen and oxygen atoms in total. The summed E-state index contributed by atoms with van der Waals surface area (Å²) in [7, 11) is 0. The normalized spacial score (nSPS) is 15.7. The van der Waals surface area contributed by atoms with Crippen LogP contribution in [-0.4, -0.2) is 32.3 Å². The molecule has 1 aromatic rings. The summed E-state index contributed by atoms with van der Waals surface area (Å²) in [6.45, 7) is 8.09. The fraction of sp³-hybridized carbons (Fsp3) is 0.619. The number of hydrogen-bond acceptors (Lipinski definition) is 3. The molecular formula is C21H33IN4O. The smallest absolute Gasteiger partial charge is 0.191 e. The second kappa shape index (κ2) is 12.9. The molecule has 2 N–H and O–H groups in total. The Labute approximate surface area is 181 Å². The topological polar surface area (TPSA) is 69.4 Å². The predicted molar refractivity (Wildman–Crippen MR) is 121 cm³/mol. The van der Waals surface area contributed by atoms with Crippen LogP contribution in [0.25, 0.3) is 0 Å². The van der Waals surface area contributed by atoms with Crippen molar-refractivity contribution in [1.29, 1.82) is 5.26 Å². The molecule has 0 aliphatic heterocycles. The van der Waals surface area contributed by atoms with Crippen molar-refractivity contribution in [3.63, 3.8) is 0 Å². The molecule has 0 heterocycles. The minimum Gasteiger partial charge on any atom is -0.382 e. The van der Waals surface area contributed by atoms with Crippen LogP contribution >= 0.6 is 24.0 Å². The summed E-state index contributed by atoms with van der Waals surface area (Å²) in [5, 5.41) is 15.9. The third-order valence-corrected chi connectivity index (χ3v) is 5.10. The summed E-state index contributed by atoms with van der Waals surface area (Å²) >= 11 is 0. The lowest BCUT2D eigenvalue weighted by Crippen LogP contribution is -2.43. The van der Waals surface area contributed by atoms with Gasteiger partial charge < -0.3 is 15.4 Å². The van der Waals surface area contributed by atoms with Gasteiger partial charge in [0.25, 0.3) is 0 Å². The molecule has 1 fully saturated rings. The Morgan fingerprint density at radius 2 is 2.04 bits per heavy atom. The van der Waals surface area contributed by atoms with Gasteiger partial charge in [0.05, 0.1) is 18.2 Å². The van der Waals surface area contributed by atoms with E-state index in [1.54, 1.807) is 0 Å². The van der Waals surface area contributed by atoms with Crippen LogP contribution in [0.5, 0.6) is 0 Å². The average Bonchev–Trinajstić information content (AvgIpc) is 3.13. The highest BCUT2D eigenvalue weighted by molar-refractivity contribution is 14.0. The summed E-state index contributed by atoms with van der Waals surface area (Å²) in [4.78, 5) is 4.70. The molecule has 0 atom stereocenters. The molecule has 27 heavy (non-hydrogen) atoms. The van der Waals surface area contributed by atoms with Crippen molar-refractivity contribution in [3.05, 3.63) is 35.4 Å². The van der Waals surface area contributed by atoms with E-state index in [9.17, 15) is 0 Å². The Hall–Kier alpha value is -1.33. The number of halogens is 1. The maximum Gasteiger partial charge on any atom is 0.191 e. The Balaban J connectivity index is 0.00000364. The van der Waals surface area contributed by atoms with Crippen molar-refractivity contribution in [2.24, 2.45) is 10.4 Å². The minimum absolute atomic E-state index is 0. The Bertz CT molecular complexity index is 621. The summed E-state index contributed by atoms with van der Waals surface area (Å²) in [5.74, 6) is 0.845. The van der Waals surface area contributed by atoms with Crippen LogP contribution in [0, 0.1) is 16.7 Å². The summed E-state index contributed by atoms with van der Waals surface area (Å²) in [6.07, 6.45) is 6.25. The maximum atomic E-state index is 9.03. The number of nitriles is 1. The molecule has 0 bridgehead atoms. The van der Waals surface area contributed by atoms with Crippen LogP contribution in [0.3, 0.4) is 0 Å². The third-order valence-electron chi connectivity index (χ3n) is 5.10. The van der Waals surface area contributed by atoms with Crippen LogP contribution in [0.1, 0.15) is 57.1 Å². The second-order valence-electron chi connectivity index (χ2n) is 7.01. The number of ether oxygens (including phenoxy) is 1. The van der Waals surface area contributed by atoms with Crippen LogP contribution in [0.4, 0.5) is 0 Å². The first-order valence-corrected chi connectivity index (χ1v) is 9.80. The molecule has 0 amide bonds. The van der Waals surface area contributed by atoms with E-state index in [-0.39, 0.29) is 24.0 Å². The third kappa shape index (κ3) is 8.06. The lowest BCUT2D eigenvalue weighted by Gasteiger charge is -2.30. The Morgan fingerprint density at radius 1 is 1.26 bits per heavy atom. The summed E-state index contributed by atoms with van der Waals surface area (Å²) < 4.78 is 5.60. The molecule has 1 aliphatic rings.